The van der Waals surface area contributed by atoms with Crippen molar-refractivity contribution in [1.29, 1.82) is 0 Å². The minimum absolute atomic E-state index is 0.00391. The molecule has 0 aliphatic carbocycles. The van der Waals surface area contributed by atoms with Crippen molar-refractivity contribution in [2.24, 2.45) is 0 Å². The molecule has 5 nitrogen and oxygen atoms in total. The van der Waals surface area contributed by atoms with Gasteiger partial charge in [0, 0.05) is 11.6 Å². The molecule has 0 aliphatic rings. The Labute approximate surface area is 175 Å². The van der Waals surface area contributed by atoms with Crippen molar-refractivity contribution in [2.75, 3.05) is 0 Å². The van der Waals surface area contributed by atoms with Crippen LogP contribution in [0.4, 0.5) is 13.2 Å². The molecule has 30 heavy (non-hydrogen) atoms. The van der Waals surface area contributed by atoms with Gasteiger partial charge in [0.05, 0.1) is 11.0 Å². The standard InChI is InChI=1S/C21H19ClF3N3O2/c1-11-8-16-17(9-12(11)2)28(20(30)18(27-16)21(23,24)25)13(3)19(29)26-10-14-6-4-5-7-15(14)22/h4-9,13H,10H2,1-3H3,(H,26,29)/t13-/m1/s1. The van der Waals surface area contributed by atoms with Crippen molar-refractivity contribution in [1.82, 2.24) is 14.9 Å². The van der Waals surface area contributed by atoms with Crippen molar-refractivity contribution in [2.45, 2.75) is 39.5 Å². The van der Waals surface area contributed by atoms with E-state index in [0.29, 0.717) is 10.6 Å². The number of rotatable bonds is 4. The molecular formula is C21H19ClF3N3O2. The summed E-state index contributed by atoms with van der Waals surface area (Å²) in [7, 11) is 0. The van der Waals surface area contributed by atoms with E-state index in [1.165, 1.54) is 13.0 Å². The number of aromatic nitrogens is 2. The molecule has 0 fully saturated rings. The zero-order chi connectivity index (χ0) is 22.2. The Hall–Kier alpha value is -2.87. The van der Waals surface area contributed by atoms with Crippen molar-refractivity contribution < 1.29 is 18.0 Å². The van der Waals surface area contributed by atoms with E-state index < -0.39 is 29.4 Å². The fourth-order valence-corrected chi connectivity index (χ4v) is 3.32. The van der Waals surface area contributed by atoms with Crippen LogP contribution in [0.15, 0.2) is 41.2 Å². The van der Waals surface area contributed by atoms with Crippen LogP contribution in [0.5, 0.6) is 0 Å². The summed E-state index contributed by atoms with van der Waals surface area (Å²) in [6.07, 6.45) is -4.94. The number of hydrogen-bond acceptors (Lipinski definition) is 3. The molecule has 1 amide bonds. The van der Waals surface area contributed by atoms with Gasteiger partial charge in [0.2, 0.25) is 11.6 Å². The van der Waals surface area contributed by atoms with E-state index in [4.69, 9.17) is 11.6 Å². The third kappa shape index (κ3) is 4.18. The molecule has 0 saturated carbocycles. The SMILES string of the molecule is Cc1cc2nc(C(F)(F)F)c(=O)n([C@H](C)C(=O)NCc3ccccc3Cl)c2cc1C. The van der Waals surface area contributed by atoms with E-state index in [-0.39, 0.29) is 17.6 Å². The predicted octanol–water partition coefficient (Wildman–Crippen LogP) is 4.56. The van der Waals surface area contributed by atoms with E-state index >= 15 is 0 Å². The molecule has 0 saturated heterocycles. The van der Waals surface area contributed by atoms with Gasteiger partial charge in [-0.05, 0) is 55.7 Å². The van der Waals surface area contributed by atoms with Crippen molar-refractivity contribution in [3.8, 4) is 0 Å². The lowest BCUT2D eigenvalue weighted by Gasteiger charge is -2.20. The number of amides is 1. The van der Waals surface area contributed by atoms with Crippen molar-refractivity contribution in [3.05, 3.63) is 74.2 Å². The monoisotopic (exact) mass is 437 g/mol. The van der Waals surface area contributed by atoms with E-state index in [1.54, 1.807) is 44.2 Å². The van der Waals surface area contributed by atoms with Crippen LogP contribution in [0.3, 0.4) is 0 Å². The first-order valence-corrected chi connectivity index (χ1v) is 9.50. The molecule has 1 atom stereocenters. The zero-order valence-electron chi connectivity index (χ0n) is 16.5. The Morgan fingerprint density at radius 1 is 1.20 bits per heavy atom. The number of fused-ring (bicyclic) bond motifs is 1. The van der Waals surface area contributed by atoms with Crippen LogP contribution in [0.2, 0.25) is 5.02 Å². The summed E-state index contributed by atoms with van der Waals surface area (Å²) in [6.45, 7) is 4.95. The molecule has 158 valence electrons. The highest BCUT2D eigenvalue weighted by molar-refractivity contribution is 6.31. The Morgan fingerprint density at radius 3 is 2.47 bits per heavy atom. The normalized spacial score (nSPS) is 12.8. The van der Waals surface area contributed by atoms with Crippen molar-refractivity contribution in [3.63, 3.8) is 0 Å². The third-order valence-corrected chi connectivity index (χ3v) is 5.32. The third-order valence-electron chi connectivity index (χ3n) is 4.95. The van der Waals surface area contributed by atoms with Gasteiger partial charge in [0.1, 0.15) is 6.04 Å². The molecular weight excluding hydrogens is 419 g/mol. The smallest absolute Gasteiger partial charge is 0.350 e. The molecule has 0 bridgehead atoms. The molecule has 0 spiro atoms. The van der Waals surface area contributed by atoms with E-state index in [0.717, 1.165) is 15.7 Å². The fraction of sp³-hybridized carbons (Fsp3) is 0.286. The topological polar surface area (TPSA) is 64.0 Å². The van der Waals surface area contributed by atoms with Gasteiger partial charge in [-0.2, -0.15) is 13.2 Å². The Kier molecular flexibility index (Phi) is 5.90. The van der Waals surface area contributed by atoms with Gasteiger partial charge >= 0.3 is 6.18 Å². The predicted molar refractivity (Wildman–Crippen MR) is 108 cm³/mol. The molecule has 9 heteroatoms. The average molecular weight is 438 g/mol. The van der Waals surface area contributed by atoms with E-state index in [1.807, 2.05) is 0 Å². The number of carbonyl (C=O) groups is 1. The second kappa shape index (κ2) is 8.10. The Balaban J connectivity index is 2.07. The maximum atomic E-state index is 13.4. The maximum absolute atomic E-state index is 13.4. The summed E-state index contributed by atoms with van der Waals surface area (Å²) in [5.41, 5.74) is -0.617. The summed E-state index contributed by atoms with van der Waals surface area (Å²) in [4.78, 5) is 28.9. The first-order chi connectivity index (χ1) is 14.0. The van der Waals surface area contributed by atoms with Crippen LogP contribution in [0.1, 0.15) is 35.3 Å². The summed E-state index contributed by atoms with van der Waals surface area (Å²) < 4.78 is 41.1. The molecule has 3 aromatic rings. The van der Waals surface area contributed by atoms with Crippen LogP contribution in [-0.2, 0) is 17.5 Å². The number of alkyl halides is 3. The molecule has 0 aliphatic heterocycles. The van der Waals surface area contributed by atoms with Gasteiger partial charge in [-0.3, -0.25) is 14.2 Å². The first-order valence-electron chi connectivity index (χ1n) is 9.12. The Bertz CT molecular complexity index is 1190. The Morgan fingerprint density at radius 2 is 1.83 bits per heavy atom. The summed E-state index contributed by atoms with van der Waals surface area (Å²) in [5.74, 6) is -0.615. The highest BCUT2D eigenvalue weighted by Crippen LogP contribution is 2.28. The van der Waals surface area contributed by atoms with Gasteiger partial charge in [-0.1, -0.05) is 29.8 Å². The largest absolute Gasteiger partial charge is 0.438 e. The number of nitrogens with one attached hydrogen (secondary N) is 1. The second-order valence-electron chi connectivity index (χ2n) is 7.04. The van der Waals surface area contributed by atoms with Gasteiger partial charge in [0.25, 0.3) is 5.56 Å². The zero-order valence-corrected chi connectivity index (χ0v) is 17.2. The minimum Gasteiger partial charge on any atom is -0.350 e. The fourth-order valence-electron chi connectivity index (χ4n) is 3.12. The highest BCUT2D eigenvalue weighted by Gasteiger charge is 2.38. The number of aryl methyl sites for hydroxylation is 2. The highest BCUT2D eigenvalue weighted by atomic mass is 35.5. The number of nitrogens with zero attached hydrogens (tertiary/aromatic N) is 2. The van der Waals surface area contributed by atoms with E-state index in [9.17, 15) is 22.8 Å². The van der Waals surface area contributed by atoms with Gasteiger partial charge < -0.3 is 5.32 Å². The molecule has 0 radical (unpaired) electrons. The molecule has 3 rings (SSSR count). The molecule has 1 heterocycles. The summed E-state index contributed by atoms with van der Waals surface area (Å²) in [6, 6.07) is 8.71. The lowest BCUT2D eigenvalue weighted by Crippen LogP contribution is -2.39. The maximum Gasteiger partial charge on any atom is 0.438 e. The lowest BCUT2D eigenvalue weighted by molar-refractivity contribution is -0.142. The van der Waals surface area contributed by atoms with Crippen LogP contribution in [0, 0.1) is 13.8 Å². The van der Waals surface area contributed by atoms with Crippen LogP contribution in [-0.4, -0.2) is 15.5 Å². The van der Waals surface area contributed by atoms with Crippen LogP contribution >= 0.6 is 11.6 Å². The van der Waals surface area contributed by atoms with Gasteiger partial charge in [0.15, 0.2) is 0 Å². The molecule has 1 N–H and O–H groups in total. The number of carbonyl (C=O) groups excluding carboxylic acids is 1. The van der Waals surface area contributed by atoms with Gasteiger partial charge in [-0.25, -0.2) is 4.98 Å². The average Bonchev–Trinajstić information content (AvgIpc) is 2.67. The van der Waals surface area contributed by atoms with Crippen LogP contribution in [0.25, 0.3) is 11.0 Å². The molecule has 2 aromatic carbocycles. The summed E-state index contributed by atoms with van der Waals surface area (Å²) >= 11 is 6.07. The minimum atomic E-state index is -4.94. The number of benzene rings is 2. The van der Waals surface area contributed by atoms with Crippen LogP contribution < -0.4 is 10.9 Å². The molecule has 1 aromatic heterocycles. The quantitative estimate of drug-likeness (QED) is 0.650. The second-order valence-corrected chi connectivity index (χ2v) is 7.45. The number of halogens is 4. The molecule has 0 unspecified atom stereocenters. The van der Waals surface area contributed by atoms with Crippen molar-refractivity contribution >= 4 is 28.5 Å². The van der Waals surface area contributed by atoms with E-state index in [2.05, 4.69) is 10.3 Å². The first kappa shape index (κ1) is 21.8. The summed E-state index contributed by atoms with van der Waals surface area (Å²) in [5, 5.41) is 3.08. The van der Waals surface area contributed by atoms with Gasteiger partial charge in [-0.15, -0.1) is 0 Å². The lowest BCUT2D eigenvalue weighted by atomic mass is 10.1. The number of hydrogen-bond donors (Lipinski definition) is 1.